The van der Waals surface area contributed by atoms with Crippen molar-refractivity contribution in [3.63, 3.8) is 0 Å². The lowest BCUT2D eigenvalue weighted by Gasteiger charge is -2.04. The van der Waals surface area contributed by atoms with Crippen LogP contribution in [0.25, 0.3) is 0 Å². The zero-order valence-electron chi connectivity index (χ0n) is 6.41. The van der Waals surface area contributed by atoms with Crippen LogP contribution in [0.4, 0.5) is 0 Å². The molecule has 1 rings (SSSR count). The molecule has 11 heavy (non-hydrogen) atoms. The van der Waals surface area contributed by atoms with Crippen LogP contribution in [-0.4, -0.2) is 11.8 Å². The number of Topliss-reactive ketones (excluding diaryl/α,β-unsaturated/α-hetero) is 1. The molecule has 1 heterocycles. The largest absolute Gasteiger partial charge is 0.321 e. The highest BCUT2D eigenvalue weighted by atomic mass is 32.1. The Hall–Kier alpha value is -0.670. The van der Waals surface area contributed by atoms with Gasteiger partial charge in [-0.1, -0.05) is 0 Å². The second-order valence-corrected chi connectivity index (χ2v) is 3.33. The molecule has 1 aromatic heterocycles. The van der Waals surface area contributed by atoms with Crippen molar-refractivity contribution in [2.45, 2.75) is 19.4 Å². The predicted molar refractivity (Wildman–Crippen MR) is 46.7 cm³/mol. The molecule has 0 amide bonds. The van der Waals surface area contributed by atoms with Crippen molar-refractivity contribution >= 4 is 17.1 Å². The molecular formula is C8H11NOS. The first-order valence-electron chi connectivity index (χ1n) is 3.47. The Bertz CT molecular complexity index is 230. The van der Waals surface area contributed by atoms with Gasteiger partial charge < -0.3 is 5.73 Å². The van der Waals surface area contributed by atoms with E-state index < -0.39 is 0 Å². The van der Waals surface area contributed by atoms with Gasteiger partial charge in [0.05, 0.1) is 6.04 Å². The van der Waals surface area contributed by atoms with E-state index in [1.165, 1.54) is 6.92 Å². The van der Waals surface area contributed by atoms with Gasteiger partial charge in [-0.3, -0.25) is 4.79 Å². The molecule has 1 aromatic rings. The second-order valence-electron chi connectivity index (χ2n) is 2.55. The summed E-state index contributed by atoms with van der Waals surface area (Å²) in [5, 5.41) is 4.00. The van der Waals surface area contributed by atoms with Crippen LogP contribution in [0.3, 0.4) is 0 Å². The van der Waals surface area contributed by atoms with Crippen molar-refractivity contribution in [2.24, 2.45) is 5.73 Å². The fraction of sp³-hybridized carbons (Fsp3) is 0.375. The van der Waals surface area contributed by atoms with Crippen LogP contribution in [0, 0.1) is 0 Å². The molecule has 0 aliphatic rings. The Morgan fingerprint density at radius 1 is 1.82 bits per heavy atom. The summed E-state index contributed by atoms with van der Waals surface area (Å²) >= 11 is 1.63. The van der Waals surface area contributed by atoms with Crippen molar-refractivity contribution in [3.8, 4) is 0 Å². The van der Waals surface area contributed by atoms with Crippen LogP contribution in [-0.2, 0) is 11.2 Å². The first kappa shape index (κ1) is 8.43. The van der Waals surface area contributed by atoms with Crippen LogP contribution >= 0.6 is 11.3 Å². The van der Waals surface area contributed by atoms with Crippen LogP contribution in [0.5, 0.6) is 0 Å². The van der Waals surface area contributed by atoms with E-state index in [0.29, 0.717) is 6.42 Å². The van der Waals surface area contributed by atoms with Crippen LogP contribution < -0.4 is 5.73 Å². The molecule has 0 saturated carbocycles. The monoisotopic (exact) mass is 169 g/mol. The van der Waals surface area contributed by atoms with E-state index in [4.69, 9.17) is 5.73 Å². The summed E-state index contributed by atoms with van der Waals surface area (Å²) in [5.74, 6) is 0.0520. The summed E-state index contributed by atoms with van der Waals surface area (Å²) in [6.07, 6.45) is 0.666. The highest BCUT2D eigenvalue weighted by Gasteiger charge is 2.08. The molecule has 0 spiro atoms. The minimum absolute atomic E-state index is 0.0520. The Morgan fingerprint density at radius 2 is 2.55 bits per heavy atom. The summed E-state index contributed by atoms with van der Waals surface area (Å²) < 4.78 is 0. The number of nitrogens with two attached hydrogens (primary N) is 1. The fourth-order valence-corrected chi connectivity index (χ4v) is 1.49. The highest BCUT2D eigenvalue weighted by Crippen LogP contribution is 2.07. The molecule has 1 atom stereocenters. The third kappa shape index (κ3) is 2.44. The molecule has 60 valence electrons. The Morgan fingerprint density at radius 3 is 3.00 bits per heavy atom. The minimum atomic E-state index is -0.329. The van der Waals surface area contributed by atoms with E-state index in [1.807, 2.05) is 16.8 Å². The number of rotatable bonds is 3. The van der Waals surface area contributed by atoms with Gasteiger partial charge in [-0.25, -0.2) is 0 Å². The molecule has 0 radical (unpaired) electrons. The molecule has 0 bridgehead atoms. The van der Waals surface area contributed by atoms with Gasteiger partial charge in [-0.2, -0.15) is 11.3 Å². The van der Waals surface area contributed by atoms with Crippen molar-refractivity contribution in [3.05, 3.63) is 22.4 Å². The summed E-state index contributed by atoms with van der Waals surface area (Å²) in [6, 6.07) is 1.66. The molecule has 0 fully saturated rings. The van der Waals surface area contributed by atoms with Crippen LogP contribution in [0.1, 0.15) is 12.5 Å². The third-order valence-electron chi connectivity index (χ3n) is 1.56. The number of carbonyl (C=O) groups is 1. The number of thiophene rings is 1. The molecule has 2 N–H and O–H groups in total. The van der Waals surface area contributed by atoms with Gasteiger partial charge in [-0.15, -0.1) is 0 Å². The number of carbonyl (C=O) groups excluding carboxylic acids is 1. The average molecular weight is 169 g/mol. The molecule has 0 saturated heterocycles. The number of hydrogen-bond acceptors (Lipinski definition) is 3. The third-order valence-corrected chi connectivity index (χ3v) is 2.29. The molecular weight excluding hydrogens is 158 g/mol. The lowest BCUT2D eigenvalue weighted by molar-refractivity contribution is -0.118. The van der Waals surface area contributed by atoms with E-state index in [-0.39, 0.29) is 11.8 Å². The average Bonchev–Trinajstić information content (AvgIpc) is 2.39. The zero-order chi connectivity index (χ0) is 8.27. The Kier molecular flexibility index (Phi) is 2.79. The molecule has 3 heteroatoms. The van der Waals surface area contributed by atoms with Crippen LogP contribution in [0.15, 0.2) is 16.8 Å². The predicted octanol–water partition coefficient (Wildman–Crippen LogP) is 1.21. The summed E-state index contributed by atoms with van der Waals surface area (Å²) in [6.45, 7) is 1.52. The van der Waals surface area contributed by atoms with Crippen LogP contribution in [0.2, 0.25) is 0 Å². The van der Waals surface area contributed by atoms with Crippen molar-refractivity contribution in [1.29, 1.82) is 0 Å². The quantitative estimate of drug-likeness (QED) is 0.739. The van der Waals surface area contributed by atoms with Crippen molar-refractivity contribution in [2.75, 3.05) is 0 Å². The van der Waals surface area contributed by atoms with Gasteiger partial charge in [0.25, 0.3) is 0 Å². The molecule has 0 aromatic carbocycles. The molecule has 2 nitrogen and oxygen atoms in total. The Balaban J connectivity index is 2.50. The van der Waals surface area contributed by atoms with Gasteiger partial charge in [0, 0.05) is 0 Å². The first-order valence-corrected chi connectivity index (χ1v) is 4.41. The lowest BCUT2D eigenvalue weighted by Crippen LogP contribution is -2.30. The van der Waals surface area contributed by atoms with Gasteiger partial charge in [0.2, 0.25) is 0 Å². The molecule has 0 aliphatic heterocycles. The van der Waals surface area contributed by atoms with Gasteiger partial charge >= 0.3 is 0 Å². The van der Waals surface area contributed by atoms with E-state index >= 15 is 0 Å². The van der Waals surface area contributed by atoms with E-state index in [9.17, 15) is 4.79 Å². The second kappa shape index (κ2) is 3.64. The lowest BCUT2D eigenvalue weighted by atomic mass is 10.1. The number of hydrogen-bond donors (Lipinski definition) is 1. The van der Waals surface area contributed by atoms with Crippen molar-refractivity contribution < 1.29 is 4.79 Å². The van der Waals surface area contributed by atoms with E-state index in [1.54, 1.807) is 11.3 Å². The Labute approximate surface area is 70.0 Å². The zero-order valence-corrected chi connectivity index (χ0v) is 7.23. The fourth-order valence-electron chi connectivity index (χ4n) is 0.806. The smallest absolute Gasteiger partial charge is 0.146 e. The standard InChI is InChI=1S/C8H11NOS/c1-6(10)8(9)4-7-2-3-11-5-7/h2-3,5,8H,4,9H2,1H3/t8-/m1/s1. The summed E-state index contributed by atoms with van der Waals surface area (Å²) in [7, 11) is 0. The van der Waals surface area contributed by atoms with Gasteiger partial charge in [0.15, 0.2) is 0 Å². The maximum absolute atomic E-state index is 10.7. The van der Waals surface area contributed by atoms with Gasteiger partial charge in [0.1, 0.15) is 5.78 Å². The molecule has 0 aliphatic carbocycles. The van der Waals surface area contributed by atoms with E-state index in [2.05, 4.69) is 0 Å². The molecule has 0 unspecified atom stereocenters. The number of ketones is 1. The minimum Gasteiger partial charge on any atom is -0.321 e. The van der Waals surface area contributed by atoms with Gasteiger partial charge in [-0.05, 0) is 35.7 Å². The SMILES string of the molecule is CC(=O)[C@H](N)Cc1ccsc1. The highest BCUT2D eigenvalue weighted by molar-refractivity contribution is 7.07. The normalized spacial score (nSPS) is 12.9. The maximum Gasteiger partial charge on any atom is 0.146 e. The maximum atomic E-state index is 10.7. The summed E-state index contributed by atoms with van der Waals surface area (Å²) in [5.41, 5.74) is 6.71. The van der Waals surface area contributed by atoms with Crippen molar-refractivity contribution in [1.82, 2.24) is 0 Å². The van der Waals surface area contributed by atoms with E-state index in [0.717, 1.165) is 5.56 Å². The summed E-state index contributed by atoms with van der Waals surface area (Å²) in [4.78, 5) is 10.7. The first-order chi connectivity index (χ1) is 5.20. The topological polar surface area (TPSA) is 43.1 Å².